The first-order valence-electron chi connectivity index (χ1n) is 7.59. The summed E-state index contributed by atoms with van der Waals surface area (Å²) in [6.45, 7) is 2.00. The van der Waals surface area contributed by atoms with E-state index in [0.717, 1.165) is 40.5 Å². The maximum atomic E-state index is 12.3. The summed E-state index contributed by atoms with van der Waals surface area (Å²) in [7, 11) is 0. The quantitative estimate of drug-likeness (QED) is 0.693. The molecule has 0 radical (unpaired) electrons. The molecule has 0 aliphatic heterocycles. The van der Waals surface area contributed by atoms with Gasteiger partial charge in [0, 0.05) is 22.6 Å². The second-order valence-corrected chi connectivity index (χ2v) is 5.73. The van der Waals surface area contributed by atoms with Crippen LogP contribution in [0.25, 0.3) is 22.1 Å². The molecule has 0 atom stereocenters. The minimum atomic E-state index is -0.291. The van der Waals surface area contributed by atoms with Crippen molar-refractivity contribution in [3.05, 3.63) is 63.5 Å². The van der Waals surface area contributed by atoms with Crippen LogP contribution >= 0.6 is 0 Å². The van der Waals surface area contributed by atoms with E-state index < -0.39 is 0 Å². The predicted molar refractivity (Wildman–Crippen MR) is 86.4 cm³/mol. The third-order valence-corrected chi connectivity index (χ3v) is 4.51. The average molecular weight is 292 g/mol. The Morgan fingerprint density at radius 1 is 1.18 bits per heavy atom. The minimum Gasteiger partial charge on any atom is -0.508 e. The van der Waals surface area contributed by atoms with E-state index in [2.05, 4.69) is 12.1 Å². The van der Waals surface area contributed by atoms with Gasteiger partial charge in [-0.15, -0.1) is 0 Å². The molecule has 0 amide bonds. The normalized spacial score (nSPS) is 13.0. The molecule has 0 saturated carbocycles. The SMILES string of the molecule is CCc1cc2c3c(c(=O)oc2cc1O)CCc1ccccc1-3. The Morgan fingerprint density at radius 3 is 2.82 bits per heavy atom. The Hall–Kier alpha value is -2.55. The lowest BCUT2D eigenvalue weighted by Crippen LogP contribution is -2.15. The summed E-state index contributed by atoms with van der Waals surface area (Å²) < 4.78 is 5.44. The molecule has 4 rings (SSSR count). The number of aryl methyl sites for hydroxylation is 2. The predicted octanol–water partition coefficient (Wildman–Crippen LogP) is 3.83. The van der Waals surface area contributed by atoms with Gasteiger partial charge in [-0.1, -0.05) is 31.2 Å². The van der Waals surface area contributed by atoms with Crippen molar-refractivity contribution < 1.29 is 9.52 Å². The first kappa shape index (κ1) is 13.1. The van der Waals surface area contributed by atoms with Crippen molar-refractivity contribution in [2.75, 3.05) is 0 Å². The number of hydrogen-bond donors (Lipinski definition) is 1. The number of rotatable bonds is 1. The van der Waals surface area contributed by atoms with E-state index in [1.54, 1.807) is 6.07 Å². The molecule has 2 aromatic carbocycles. The summed E-state index contributed by atoms with van der Waals surface area (Å²) in [4.78, 5) is 12.3. The molecule has 22 heavy (non-hydrogen) atoms. The van der Waals surface area contributed by atoms with E-state index in [4.69, 9.17) is 4.42 Å². The zero-order valence-corrected chi connectivity index (χ0v) is 12.3. The zero-order chi connectivity index (χ0) is 15.3. The molecule has 3 nitrogen and oxygen atoms in total. The molecule has 0 fully saturated rings. The fourth-order valence-electron chi connectivity index (χ4n) is 3.38. The molecular formula is C19H16O3. The van der Waals surface area contributed by atoms with Crippen LogP contribution in [0.15, 0.2) is 45.6 Å². The van der Waals surface area contributed by atoms with Gasteiger partial charge in [0.2, 0.25) is 0 Å². The molecule has 1 aliphatic carbocycles. The molecular weight excluding hydrogens is 276 g/mol. The minimum absolute atomic E-state index is 0.183. The van der Waals surface area contributed by atoms with Crippen LogP contribution in [0.1, 0.15) is 23.6 Å². The van der Waals surface area contributed by atoms with Gasteiger partial charge in [-0.3, -0.25) is 0 Å². The van der Waals surface area contributed by atoms with Gasteiger partial charge < -0.3 is 9.52 Å². The maximum Gasteiger partial charge on any atom is 0.340 e. The van der Waals surface area contributed by atoms with Crippen LogP contribution in [-0.2, 0) is 19.3 Å². The summed E-state index contributed by atoms with van der Waals surface area (Å²) in [6.07, 6.45) is 2.29. The lowest BCUT2D eigenvalue weighted by Gasteiger charge is -2.20. The second kappa shape index (κ2) is 4.73. The Morgan fingerprint density at radius 2 is 2.00 bits per heavy atom. The molecule has 0 spiro atoms. The first-order chi connectivity index (χ1) is 10.7. The van der Waals surface area contributed by atoms with Gasteiger partial charge in [0.25, 0.3) is 0 Å². The highest BCUT2D eigenvalue weighted by Gasteiger charge is 2.23. The summed E-state index contributed by atoms with van der Waals surface area (Å²) >= 11 is 0. The molecule has 0 bridgehead atoms. The van der Waals surface area contributed by atoms with Crippen molar-refractivity contribution in [1.82, 2.24) is 0 Å². The van der Waals surface area contributed by atoms with Gasteiger partial charge in [0.1, 0.15) is 11.3 Å². The molecule has 3 heteroatoms. The molecule has 1 aromatic heterocycles. The van der Waals surface area contributed by atoms with Crippen LogP contribution in [0, 0.1) is 0 Å². The number of phenolic OH excluding ortho intramolecular Hbond substituents is 1. The standard InChI is InChI=1S/C19H16O3/c1-2-11-9-15-17(10-16(11)20)22-19(21)14-8-7-12-5-3-4-6-13(12)18(14)15/h3-6,9-10,20H,2,7-8H2,1H3. The van der Waals surface area contributed by atoms with Crippen LogP contribution in [0.4, 0.5) is 0 Å². The Labute approximate surface area is 127 Å². The van der Waals surface area contributed by atoms with Crippen LogP contribution in [0.2, 0.25) is 0 Å². The number of phenols is 1. The van der Waals surface area contributed by atoms with Gasteiger partial charge in [0.15, 0.2) is 0 Å². The molecule has 0 unspecified atom stereocenters. The average Bonchev–Trinajstić information content (AvgIpc) is 2.54. The van der Waals surface area contributed by atoms with Crippen molar-refractivity contribution in [3.8, 4) is 16.9 Å². The fourth-order valence-corrected chi connectivity index (χ4v) is 3.38. The Bertz CT molecular complexity index is 951. The van der Waals surface area contributed by atoms with Crippen molar-refractivity contribution in [2.45, 2.75) is 26.2 Å². The van der Waals surface area contributed by atoms with Gasteiger partial charge in [0.05, 0.1) is 0 Å². The van der Waals surface area contributed by atoms with E-state index in [1.165, 1.54) is 5.56 Å². The Kier molecular flexibility index (Phi) is 2.83. The topological polar surface area (TPSA) is 50.4 Å². The van der Waals surface area contributed by atoms with Crippen LogP contribution in [0.5, 0.6) is 5.75 Å². The van der Waals surface area contributed by atoms with Crippen molar-refractivity contribution >= 4 is 11.0 Å². The van der Waals surface area contributed by atoms with E-state index in [0.29, 0.717) is 12.0 Å². The Balaban J connectivity index is 2.17. The third kappa shape index (κ3) is 1.78. The highest BCUT2D eigenvalue weighted by Crippen LogP contribution is 2.38. The highest BCUT2D eigenvalue weighted by molar-refractivity contribution is 5.97. The summed E-state index contributed by atoms with van der Waals surface area (Å²) in [6, 6.07) is 11.7. The van der Waals surface area contributed by atoms with Crippen LogP contribution in [-0.4, -0.2) is 5.11 Å². The van der Waals surface area contributed by atoms with E-state index >= 15 is 0 Å². The summed E-state index contributed by atoms with van der Waals surface area (Å²) in [5, 5.41) is 11.0. The van der Waals surface area contributed by atoms with Gasteiger partial charge in [-0.2, -0.15) is 0 Å². The number of hydrogen-bond acceptors (Lipinski definition) is 3. The number of benzene rings is 2. The van der Waals surface area contributed by atoms with E-state index in [9.17, 15) is 9.90 Å². The second-order valence-electron chi connectivity index (χ2n) is 5.73. The van der Waals surface area contributed by atoms with E-state index in [1.807, 2.05) is 25.1 Å². The monoisotopic (exact) mass is 292 g/mol. The fraction of sp³-hybridized carbons (Fsp3) is 0.211. The smallest absolute Gasteiger partial charge is 0.340 e. The zero-order valence-electron chi connectivity index (χ0n) is 12.3. The molecule has 1 N–H and O–H groups in total. The summed E-state index contributed by atoms with van der Waals surface area (Å²) in [5.41, 5.74) is 5.12. The lowest BCUT2D eigenvalue weighted by atomic mass is 9.84. The van der Waals surface area contributed by atoms with Crippen LogP contribution in [0.3, 0.4) is 0 Å². The van der Waals surface area contributed by atoms with Crippen molar-refractivity contribution in [1.29, 1.82) is 0 Å². The van der Waals surface area contributed by atoms with Gasteiger partial charge in [-0.05, 0) is 42.0 Å². The van der Waals surface area contributed by atoms with Crippen molar-refractivity contribution in [3.63, 3.8) is 0 Å². The molecule has 0 saturated heterocycles. The first-order valence-corrected chi connectivity index (χ1v) is 7.59. The molecule has 1 aliphatic rings. The van der Waals surface area contributed by atoms with Gasteiger partial charge >= 0.3 is 5.63 Å². The summed E-state index contributed by atoms with van der Waals surface area (Å²) in [5.74, 6) is 0.183. The molecule has 3 aromatic rings. The number of aromatic hydroxyl groups is 1. The lowest BCUT2D eigenvalue weighted by molar-refractivity contribution is 0.466. The molecule has 110 valence electrons. The number of fused-ring (bicyclic) bond motifs is 5. The molecule has 1 heterocycles. The maximum absolute atomic E-state index is 12.3. The largest absolute Gasteiger partial charge is 0.508 e. The van der Waals surface area contributed by atoms with Gasteiger partial charge in [-0.25, -0.2) is 4.79 Å². The van der Waals surface area contributed by atoms with Crippen LogP contribution < -0.4 is 5.63 Å². The van der Waals surface area contributed by atoms with Crippen molar-refractivity contribution in [2.24, 2.45) is 0 Å². The highest BCUT2D eigenvalue weighted by atomic mass is 16.4. The van der Waals surface area contributed by atoms with E-state index in [-0.39, 0.29) is 11.4 Å². The third-order valence-electron chi connectivity index (χ3n) is 4.51.